The van der Waals surface area contributed by atoms with Gasteiger partial charge >= 0.3 is 6.18 Å². The van der Waals surface area contributed by atoms with E-state index in [9.17, 15) is 13.2 Å². The van der Waals surface area contributed by atoms with Crippen molar-refractivity contribution in [2.45, 2.75) is 25.1 Å². The molecular formula is C12H10F3N. The van der Waals surface area contributed by atoms with E-state index in [0.717, 1.165) is 24.3 Å². The molecule has 0 atom stereocenters. The third kappa shape index (κ3) is 1.49. The molecule has 0 aliphatic heterocycles. The Hall–Kier alpha value is -1.45. The molecule has 1 saturated carbocycles. The summed E-state index contributed by atoms with van der Waals surface area (Å²) < 4.78 is 39.6. The Balaban J connectivity index is 2.17. The number of hydrogen-bond acceptors (Lipinski definition) is 0. The predicted octanol–water partition coefficient (Wildman–Crippen LogP) is 4.00. The lowest BCUT2D eigenvalue weighted by Crippen LogP contribution is -2.04. The van der Waals surface area contributed by atoms with Crippen LogP contribution in [0.4, 0.5) is 13.2 Å². The minimum absolute atomic E-state index is 0.404. The quantitative estimate of drug-likeness (QED) is 0.691. The van der Waals surface area contributed by atoms with Crippen LogP contribution in [0.25, 0.3) is 10.9 Å². The maximum Gasteiger partial charge on any atom is 0.416 e. The van der Waals surface area contributed by atoms with Gasteiger partial charge < -0.3 is 4.57 Å². The SMILES string of the molecule is FC(F)(F)c1ccc2ccn(C3CC3)c2c1. The number of hydrogen-bond donors (Lipinski definition) is 0. The molecular weight excluding hydrogens is 215 g/mol. The standard InChI is InChI=1S/C12H10F3N/c13-12(14,15)9-2-1-8-5-6-16(10-3-4-10)11(8)7-9/h1-2,5-7,10H,3-4H2. The Morgan fingerprint density at radius 3 is 2.50 bits per heavy atom. The lowest BCUT2D eigenvalue weighted by atomic mass is 10.1. The van der Waals surface area contributed by atoms with Crippen molar-refractivity contribution in [2.75, 3.05) is 0 Å². The summed E-state index contributed by atoms with van der Waals surface area (Å²) in [5.74, 6) is 0. The molecule has 1 heterocycles. The summed E-state index contributed by atoms with van der Waals surface area (Å²) in [7, 11) is 0. The maximum atomic E-state index is 12.6. The van der Waals surface area contributed by atoms with Gasteiger partial charge in [-0.15, -0.1) is 0 Å². The van der Waals surface area contributed by atoms with E-state index in [1.807, 2.05) is 16.8 Å². The molecule has 1 aliphatic rings. The van der Waals surface area contributed by atoms with Gasteiger partial charge in [0.2, 0.25) is 0 Å². The van der Waals surface area contributed by atoms with Gasteiger partial charge in [-0.25, -0.2) is 0 Å². The van der Waals surface area contributed by atoms with Crippen LogP contribution in [0.1, 0.15) is 24.4 Å². The van der Waals surface area contributed by atoms with Gasteiger partial charge in [-0.3, -0.25) is 0 Å². The van der Waals surface area contributed by atoms with Crippen LogP contribution in [-0.4, -0.2) is 4.57 Å². The van der Waals surface area contributed by atoms with Gasteiger partial charge in [-0.05, 0) is 36.4 Å². The first-order valence-corrected chi connectivity index (χ1v) is 5.23. The first-order valence-electron chi connectivity index (χ1n) is 5.23. The molecule has 0 radical (unpaired) electrons. The molecule has 2 aromatic rings. The molecule has 1 nitrogen and oxygen atoms in total. The van der Waals surface area contributed by atoms with E-state index < -0.39 is 11.7 Å². The average molecular weight is 225 g/mol. The Morgan fingerprint density at radius 1 is 1.12 bits per heavy atom. The van der Waals surface area contributed by atoms with Gasteiger partial charge in [0.1, 0.15) is 0 Å². The molecule has 0 N–H and O–H groups in total. The van der Waals surface area contributed by atoms with Gasteiger partial charge in [0, 0.05) is 17.8 Å². The van der Waals surface area contributed by atoms with E-state index in [4.69, 9.17) is 0 Å². The van der Waals surface area contributed by atoms with Crippen molar-refractivity contribution in [3.63, 3.8) is 0 Å². The number of alkyl halides is 3. The van der Waals surface area contributed by atoms with Crippen LogP contribution in [0.15, 0.2) is 30.5 Å². The van der Waals surface area contributed by atoms with E-state index in [1.54, 1.807) is 0 Å². The molecule has 0 amide bonds. The molecule has 0 unspecified atom stereocenters. The number of halogens is 3. The van der Waals surface area contributed by atoms with Crippen LogP contribution in [-0.2, 0) is 6.18 Å². The molecule has 0 bridgehead atoms. The van der Waals surface area contributed by atoms with Crippen molar-refractivity contribution in [3.05, 3.63) is 36.0 Å². The molecule has 1 aromatic heterocycles. The van der Waals surface area contributed by atoms with E-state index in [-0.39, 0.29) is 0 Å². The second kappa shape index (κ2) is 3.03. The highest BCUT2D eigenvalue weighted by molar-refractivity contribution is 5.81. The predicted molar refractivity (Wildman–Crippen MR) is 55.2 cm³/mol. The second-order valence-corrected chi connectivity index (χ2v) is 4.23. The van der Waals surface area contributed by atoms with Crippen LogP contribution < -0.4 is 0 Å². The first kappa shape index (κ1) is 9.75. The summed E-state index contributed by atoms with van der Waals surface area (Å²) in [5.41, 5.74) is 0.123. The third-order valence-electron chi connectivity index (χ3n) is 2.99. The maximum absolute atomic E-state index is 12.6. The van der Waals surface area contributed by atoms with E-state index in [2.05, 4.69) is 0 Å². The molecule has 84 valence electrons. The van der Waals surface area contributed by atoms with E-state index in [1.165, 1.54) is 12.1 Å². The lowest BCUT2D eigenvalue weighted by molar-refractivity contribution is -0.137. The fourth-order valence-electron chi connectivity index (χ4n) is 2.00. The van der Waals surface area contributed by atoms with Gasteiger partial charge in [-0.2, -0.15) is 13.2 Å². The van der Waals surface area contributed by atoms with Crippen molar-refractivity contribution < 1.29 is 13.2 Å². The van der Waals surface area contributed by atoms with Gasteiger partial charge in [-0.1, -0.05) is 6.07 Å². The van der Waals surface area contributed by atoms with Crippen molar-refractivity contribution in [1.29, 1.82) is 0 Å². The molecule has 1 aromatic carbocycles. The van der Waals surface area contributed by atoms with Crippen molar-refractivity contribution >= 4 is 10.9 Å². The van der Waals surface area contributed by atoms with Crippen molar-refractivity contribution in [1.82, 2.24) is 4.57 Å². The Morgan fingerprint density at radius 2 is 1.88 bits per heavy atom. The molecule has 3 rings (SSSR count). The summed E-state index contributed by atoms with van der Waals surface area (Å²) in [6.07, 6.45) is -0.241. The highest BCUT2D eigenvalue weighted by Gasteiger charge is 2.31. The topological polar surface area (TPSA) is 4.93 Å². The molecule has 0 saturated heterocycles. The van der Waals surface area contributed by atoms with Crippen molar-refractivity contribution in [3.8, 4) is 0 Å². The summed E-state index contributed by atoms with van der Waals surface area (Å²) in [5, 5.41) is 0.875. The molecule has 4 heteroatoms. The summed E-state index contributed by atoms with van der Waals surface area (Å²) in [6, 6.07) is 6.19. The first-order chi connectivity index (χ1) is 7.55. The number of fused-ring (bicyclic) bond motifs is 1. The highest BCUT2D eigenvalue weighted by Crippen LogP contribution is 2.39. The highest BCUT2D eigenvalue weighted by atomic mass is 19.4. The van der Waals surface area contributed by atoms with Gasteiger partial charge in [0.05, 0.1) is 5.56 Å². The number of aromatic nitrogens is 1. The average Bonchev–Trinajstić information content (AvgIpc) is 2.96. The Labute approximate surface area is 90.5 Å². The molecule has 1 fully saturated rings. The second-order valence-electron chi connectivity index (χ2n) is 4.23. The van der Waals surface area contributed by atoms with Gasteiger partial charge in [0.15, 0.2) is 0 Å². The number of benzene rings is 1. The van der Waals surface area contributed by atoms with Crippen LogP contribution in [0.2, 0.25) is 0 Å². The normalized spacial score (nSPS) is 16.9. The minimum atomic E-state index is -4.26. The van der Waals surface area contributed by atoms with E-state index in [0.29, 0.717) is 11.6 Å². The fraction of sp³-hybridized carbons (Fsp3) is 0.333. The molecule has 1 aliphatic carbocycles. The smallest absolute Gasteiger partial charge is 0.344 e. The molecule has 0 spiro atoms. The van der Waals surface area contributed by atoms with Crippen molar-refractivity contribution in [2.24, 2.45) is 0 Å². The summed E-state index contributed by atoms with van der Waals surface area (Å²) in [4.78, 5) is 0. The largest absolute Gasteiger partial charge is 0.416 e. The molecule has 16 heavy (non-hydrogen) atoms. The zero-order valence-electron chi connectivity index (χ0n) is 8.46. The van der Waals surface area contributed by atoms with Gasteiger partial charge in [0.25, 0.3) is 0 Å². The van der Waals surface area contributed by atoms with Crippen LogP contribution in [0.3, 0.4) is 0 Å². The summed E-state index contributed by atoms with van der Waals surface area (Å²) >= 11 is 0. The Kier molecular flexibility index (Phi) is 1.85. The Bertz CT molecular complexity index is 535. The fourth-order valence-corrected chi connectivity index (χ4v) is 2.00. The van der Waals surface area contributed by atoms with Crippen LogP contribution >= 0.6 is 0 Å². The zero-order valence-corrected chi connectivity index (χ0v) is 8.46. The minimum Gasteiger partial charge on any atom is -0.344 e. The summed E-state index contributed by atoms with van der Waals surface area (Å²) in [6.45, 7) is 0. The monoisotopic (exact) mass is 225 g/mol. The number of rotatable bonds is 1. The zero-order chi connectivity index (χ0) is 11.3. The third-order valence-corrected chi connectivity index (χ3v) is 2.99. The number of nitrogens with zero attached hydrogens (tertiary/aromatic N) is 1. The van der Waals surface area contributed by atoms with E-state index >= 15 is 0 Å². The lowest BCUT2D eigenvalue weighted by Gasteiger charge is -2.08. The van der Waals surface area contributed by atoms with Crippen LogP contribution in [0, 0.1) is 0 Å². The van der Waals surface area contributed by atoms with Crippen LogP contribution in [0.5, 0.6) is 0 Å².